The Kier molecular flexibility index (Phi) is 3.40. The summed E-state index contributed by atoms with van der Waals surface area (Å²) in [5.41, 5.74) is 2.55. The zero-order valence-electron chi connectivity index (χ0n) is 10.3. The number of halogens is 3. The maximum atomic E-state index is 12.7. The van der Waals surface area contributed by atoms with Crippen LogP contribution in [0.4, 0.5) is 18.9 Å². The zero-order valence-corrected chi connectivity index (χ0v) is 10.3. The summed E-state index contributed by atoms with van der Waals surface area (Å²) in [7, 11) is 1.60. The van der Waals surface area contributed by atoms with Gasteiger partial charge in [-0.1, -0.05) is 6.07 Å². The molecule has 1 atom stereocenters. The van der Waals surface area contributed by atoms with E-state index in [1.54, 1.807) is 7.05 Å². The fourth-order valence-corrected chi connectivity index (χ4v) is 2.34. The molecule has 7 heteroatoms. The van der Waals surface area contributed by atoms with Crippen molar-refractivity contribution in [1.82, 2.24) is 5.43 Å². The predicted molar refractivity (Wildman–Crippen MR) is 64.3 cm³/mol. The number of anilines is 1. The molecule has 1 aromatic carbocycles. The first-order valence-electron chi connectivity index (χ1n) is 5.78. The van der Waals surface area contributed by atoms with Crippen molar-refractivity contribution in [2.45, 2.75) is 25.1 Å². The van der Waals surface area contributed by atoms with Crippen molar-refractivity contribution in [3.8, 4) is 0 Å². The van der Waals surface area contributed by atoms with Crippen molar-refractivity contribution < 1.29 is 18.0 Å². The number of fused-ring (bicyclic) bond motifs is 1. The highest BCUT2D eigenvalue weighted by Crippen LogP contribution is 2.36. The summed E-state index contributed by atoms with van der Waals surface area (Å²) in [4.78, 5) is 13.1. The number of hydrogen-bond donors (Lipinski definition) is 2. The first kappa shape index (κ1) is 13.7. The van der Waals surface area contributed by atoms with E-state index in [0.29, 0.717) is 18.5 Å². The van der Waals surface area contributed by atoms with Crippen LogP contribution in [0.2, 0.25) is 0 Å². The second-order valence-corrected chi connectivity index (χ2v) is 4.52. The van der Waals surface area contributed by atoms with Crippen LogP contribution in [0.5, 0.6) is 0 Å². The number of benzene rings is 1. The number of nitrogens with one attached hydrogen (secondary N) is 1. The van der Waals surface area contributed by atoms with Gasteiger partial charge in [0.1, 0.15) is 6.04 Å². The van der Waals surface area contributed by atoms with E-state index >= 15 is 0 Å². The minimum Gasteiger partial charge on any atom is -0.362 e. The Morgan fingerprint density at radius 2 is 2.16 bits per heavy atom. The number of amides is 1. The number of carbonyl (C=O) groups is 1. The molecule has 4 nitrogen and oxygen atoms in total. The van der Waals surface area contributed by atoms with Crippen molar-refractivity contribution >= 4 is 11.6 Å². The van der Waals surface area contributed by atoms with Gasteiger partial charge in [0, 0.05) is 12.7 Å². The number of carbonyl (C=O) groups excluding carboxylic acids is 1. The molecule has 104 valence electrons. The Balaban J connectivity index is 2.38. The molecule has 0 aliphatic carbocycles. The number of aryl methyl sites for hydroxylation is 1. The Hall–Kier alpha value is -1.76. The lowest BCUT2D eigenvalue weighted by atomic mass is 9.94. The summed E-state index contributed by atoms with van der Waals surface area (Å²) >= 11 is 0. The van der Waals surface area contributed by atoms with Crippen LogP contribution in [-0.2, 0) is 17.4 Å². The van der Waals surface area contributed by atoms with Crippen molar-refractivity contribution in [2.75, 3.05) is 11.9 Å². The molecule has 1 amide bonds. The highest BCUT2D eigenvalue weighted by atomic mass is 19.4. The Labute approximate surface area is 108 Å². The molecule has 0 fully saturated rings. The molecule has 1 aromatic rings. The summed E-state index contributed by atoms with van der Waals surface area (Å²) in [6, 6.07) is 3.06. The number of alkyl halides is 3. The molecule has 0 aromatic heterocycles. The highest BCUT2D eigenvalue weighted by molar-refractivity contribution is 5.85. The summed E-state index contributed by atoms with van der Waals surface area (Å²) in [5.74, 6) is 4.68. The minimum absolute atomic E-state index is 0.398. The summed E-state index contributed by atoms with van der Waals surface area (Å²) in [6.45, 7) is 0. The SMILES string of the molecule is CN1c2cc(C(F)(F)F)ccc2CCC1C(=O)NN. The number of nitrogens with two attached hydrogens (primary N) is 1. The normalized spacial score (nSPS) is 19.0. The molecule has 2 rings (SSSR count). The molecule has 0 spiro atoms. The molecule has 1 heterocycles. The van der Waals surface area contributed by atoms with E-state index in [9.17, 15) is 18.0 Å². The van der Waals surface area contributed by atoms with E-state index in [2.05, 4.69) is 0 Å². The fraction of sp³-hybridized carbons (Fsp3) is 0.417. The zero-order chi connectivity index (χ0) is 14.2. The molecule has 0 saturated carbocycles. The molecule has 1 aliphatic rings. The number of nitrogens with zero attached hydrogens (tertiary/aromatic N) is 1. The number of hydrogen-bond acceptors (Lipinski definition) is 3. The van der Waals surface area contributed by atoms with Crippen LogP contribution in [0.15, 0.2) is 18.2 Å². The van der Waals surface area contributed by atoms with E-state index in [-0.39, 0.29) is 0 Å². The third kappa shape index (κ3) is 2.51. The largest absolute Gasteiger partial charge is 0.416 e. The van der Waals surface area contributed by atoms with Gasteiger partial charge in [-0.3, -0.25) is 10.2 Å². The van der Waals surface area contributed by atoms with Crippen LogP contribution in [0.3, 0.4) is 0 Å². The van der Waals surface area contributed by atoms with Gasteiger partial charge in [0.2, 0.25) is 0 Å². The quantitative estimate of drug-likeness (QED) is 0.462. The van der Waals surface area contributed by atoms with Gasteiger partial charge in [-0.25, -0.2) is 5.84 Å². The lowest BCUT2D eigenvalue weighted by Crippen LogP contribution is -2.49. The minimum atomic E-state index is -4.39. The van der Waals surface area contributed by atoms with Gasteiger partial charge in [-0.05, 0) is 30.5 Å². The van der Waals surface area contributed by atoms with Crippen molar-refractivity contribution in [3.63, 3.8) is 0 Å². The second-order valence-electron chi connectivity index (χ2n) is 4.52. The van der Waals surface area contributed by atoms with Crippen LogP contribution >= 0.6 is 0 Å². The average Bonchev–Trinajstić information content (AvgIpc) is 2.37. The lowest BCUT2D eigenvalue weighted by Gasteiger charge is -2.35. The molecule has 0 saturated heterocycles. The van der Waals surface area contributed by atoms with Crippen molar-refractivity contribution in [1.29, 1.82) is 0 Å². The van der Waals surface area contributed by atoms with Gasteiger partial charge >= 0.3 is 6.18 Å². The number of likely N-dealkylation sites (N-methyl/N-ethyl adjacent to an activating group) is 1. The van der Waals surface area contributed by atoms with E-state index in [4.69, 9.17) is 5.84 Å². The molecule has 19 heavy (non-hydrogen) atoms. The third-order valence-electron chi connectivity index (χ3n) is 3.39. The highest BCUT2D eigenvalue weighted by Gasteiger charge is 2.34. The molecular weight excluding hydrogens is 259 g/mol. The summed E-state index contributed by atoms with van der Waals surface area (Å²) in [6.07, 6.45) is -3.31. The molecule has 0 radical (unpaired) electrons. The van der Waals surface area contributed by atoms with Gasteiger partial charge in [0.15, 0.2) is 0 Å². The van der Waals surface area contributed by atoms with Gasteiger partial charge in [0.05, 0.1) is 5.56 Å². The lowest BCUT2D eigenvalue weighted by molar-refractivity contribution is -0.137. The molecule has 0 bridgehead atoms. The van der Waals surface area contributed by atoms with Crippen LogP contribution in [0.1, 0.15) is 17.5 Å². The average molecular weight is 273 g/mol. The van der Waals surface area contributed by atoms with Gasteiger partial charge < -0.3 is 4.90 Å². The maximum Gasteiger partial charge on any atom is 0.416 e. The fourth-order valence-electron chi connectivity index (χ4n) is 2.34. The van der Waals surface area contributed by atoms with Gasteiger partial charge in [0.25, 0.3) is 5.91 Å². The molecule has 1 aliphatic heterocycles. The predicted octanol–water partition coefficient (Wildman–Crippen LogP) is 1.45. The van der Waals surface area contributed by atoms with Crippen molar-refractivity contribution in [2.24, 2.45) is 5.84 Å². The molecule has 1 unspecified atom stereocenters. The number of hydrazine groups is 1. The first-order chi connectivity index (χ1) is 8.84. The van der Waals surface area contributed by atoms with E-state index < -0.39 is 23.7 Å². The first-order valence-corrected chi connectivity index (χ1v) is 5.78. The maximum absolute atomic E-state index is 12.7. The Bertz CT molecular complexity index is 501. The van der Waals surface area contributed by atoms with Crippen LogP contribution in [0, 0.1) is 0 Å². The third-order valence-corrected chi connectivity index (χ3v) is 3.39. The van der Waals surface area contributed by atoms with E-state index in [0.717, 1.165) is 17.7 Å². The Morgan fingerprint density at radius 3 is 2.74 bits per heavy atom. The second kappa shape index (κ2) is 4.73. The smallest absolute Gasteiger partial charge is 0.362 e. The van der Waals surface area contributed by atoms with Crippen LogP contribution in [-0.4, -0.2) is 19.0 Å². The molecule has 3 N–H and O–H groups in total. The number of rotatable bonds is 1. The van der Waals surface area contributed by atoms with Crippen LogP contribution in [0.25, 0.3) is 0 Å². The standard InChI is InChI=1S/C12H14F3N3O/c1-18-9(11(19)17-16)5-3-7-2-4-8(6-10(7)18)12(13,14)15/h2,4,6,9H,3,5,16H2,1H3,(H,17,19). The van der Waals surface area contributed by atoms with Crippen LogP contribution < -0.4 is 16.2 Å². The molecular formula is C12H14F3N3O. The topological polar surface area (TPSA) is 58.4 Å². The monoisotopic (exact) mass is 273 g/mol. The summed E-state index contributed by atoms with van der Waals surface area (Å²) in [5, 5.41) is 0. The Morgan fingerprint density at radius 1 is 1.47 bits per heavy atom. The van der Waals surface area contributed by atoms with Gasteiger partial charge in [-0.2, -0.15) is 13.2 Å². The van der Waals surface area contributed by atoms with Crippen molar-refractivity contribution in [3.05, 3.63) is 29.3 Å². The van der Waals surface area contributed by atoms with Gasteiger partial charge in [-0.15, -0.1) is 0 Å². The summed E-state index contributed by atoms with van der Waals surface area (Å²) < 4.78 is 38.1. The van der Waals surface area contributed by atoms with E-state index in [1.165, 1.54) is 11.0 Å². The van der Waals surface area contributed by atoms with E-state index in [1.807, 2.05) is 5.43 Å².